The Morgan fingerprint density at radius 2 is 1.96 bits per heavy atom. The summed E-state index contributed by atoms with van der Waals surface area (Å²) in [5, 5.41) is 8.78. The maximum atomic E-state index is 13.1. The summed E-state index contributed by atoms with van der Waals surface area (Å²) in [6.07, 6.45) is 0.850. The van der Waals surface area contributed by atoms with E-state index < -0.39 is 11.3 Å². The van der Waals surface area contributed by atoms with Gasteiger partial charge in [0.2, 0.25) is 11.8 Å². The van der Waals surface area contributed by atoms with Gasteiger partial charge in [0.25, 0.3) is 0 Å². The van der Waals surface area contributed by atoms with Gasteiger partial charge in [-0.05, 0) is 31.7 Å². The van der Waals surface area contributed by atoms with Crippen molar-refractivity contribution in [1.82, 2.24) is 10.4 Å². The minimum Gasteiger partial charge on any atom is -0.338 e. The number of rotatable bonds is 5. The van der Waals surface area contributed by atoms with Gasteiger partial charge in [-0.2, -0.15) is 0 Å². The fourth-order valence-electron chi connectivity index (χ4n) is 3.32. The van der Waals surface area contributed by atoms with Crippen molar-refractivity contribution in [2.24, 2.45) is 5.92 Å². The van der Waals surface area contributed by atoms with Gasteiger partial charge in [-0.25, -0.2) is 5.48 Å². The summed E-state index contributed by atoms with van der Waals surface area (Å²) in [5.41, 5.74) is 3.31. The van der Waals surface area contributed by atoms with Crippen LogP contribution in [0.4, 0.5) is 0 Å². The maximum Gasteiger partial charge on any atom is 0.245 e. The molecule has 23 heavy (non-hydrogen) atoms. The highest BCUT2D eigenvalue weighted by atomic mass is 16.5. The monoisotopic (exact) mass is 318 g/mol. The predicted molar refractivity (Wildman–Crippen MR) is 88.0 cm³/mol. The summed E-state index contributed by atoms with van der Waals surface area (Å²) in [6.45, 7) is 8.61. The molecule has 0 aromatic heterocycles. The van der Waals surface area contributed by atoms with E-state index in [0.29, 0.717) is 6.54 Å². The van der Waals surface area contributed by atoms with Crippen LogP contribution in [0.5, 0.6) is 0 Å². The Balaban J connectivity index is 2.25. The van der Waals surface area contributed by atoms with Crippen LogP contribution in [0.15, 0.2) is 24.3 Å². The number of hydroxylamine groups is 1. The third-order valence-corrected chi connectivity index (χ3v) is 4.96. The molecule has 2 rings (SSSR count). The molecular formula is C18H26N2O3. The van der Waals surface area contributed by atoms with Crippen LogP contribution in [0.1, 0.15) is 44.7 Å². The number of likely N-dealkylation sites (tertiary alicyclic amines) is 1. The highest BCUT2D eigenvalue weighted by Crippen LogP contribution is 2.38. The smallest absolute Gasteiger partial charge is 0.245 e. The molecule has 0 radical (unpaired) electrons. The summed E-state index contributed by atoms with van der Waals surface area (Å²) < 4.78 is 0. The van der Waals surface area contributed by atoms with Crippen molar-refractivity contribution in [2.45, 2.75) is 52.0 Å². The molecule has 2 atom stereocenters. The van der Waals surface area contributed by atoms with Crippen LogP contribution >= 0.6 is 0 Å². The van der Waals surface area contributed by atoms with Crippen LogP contribution in [0, 0.1) is 12.8 Å². The van der Waals surface area contributed by atoms with Crippen molar-refractivity contribution in [3.63, 3.8) is 0 Å². The summed E-state index contributed by atoms with van der Waals surface area (Å²) in [5.74, 6) is -0.261. The number of carbonyl (C=O) groups excluding carboxylic acids is 2. The zero-order valence-corrected chi connectivity index (χ0v) is 14.3. The average Bonchev–Trinajstić information content (AvgIpc) is 2.82. The topological polar surface area (TPSA) is 69.6 Å². The Kier molecular flexibility index (Phi) is 5.09. The molecule has 1 aromatic carbocycles. The highest BCUT2D eigenvalue weighted by molar-refractivity contribution is 5.90. The number of amides is 2. The first kappa shape index (κ1) is 17.5. The second kappa shape index (κ2) is 6.71. The molecule has 5 heteroatoms. The Morgan fingerprint density at radius 1 is 1.35 bits per heavy atom. The third kappa shape index (κ3) is 3.39. The van der Waals surface area contributed by atoms with E-state index >= 15 is 0 Å². The minimum atomic E-state index is -0.545. The van der Waals surface area contributed by atoms with E-state index in [0.717, 1.165) is 12.0 Å². The fourth-order valence-corrected chi connectivity index (χ4v) is 3.32. The Labute approximate surface area is 137 Å². The molecule has 5 nitrogen and oxygen atoms in total. The molecule has 2 amide bonds. The van der Waals surface area contributed by atoms with Crippen molar-refractivity contribution in [1.29, 1.82) is 0 Å². The Bertz CT molecular complexity index is 582. The number of hydrogen-bond donors (Lipinski definition) is 2. The third-order valence-electron chi connectivity index (χ3n) is 4.96. The largest absolute Gasteiger partial charge is 0.338 e. The summed E-state index contributed by atoms with van der Waals surface area (Å²) in [7, 11) is 0. The molecule has 1 saturated heterocycles. The number of aryl methyl sites for hydroxylation is 1. The van der Waals surface area contributed by atoms with Crippen molar-refractivity contribution < 1.29 is 14.8 Å². The first-order chi connectivity index (χ1) is 10.8. The van der Waals surface area contributed by atoms with Gasteiger partial charge >= 0.3 is 0 Å². The number of nitrogens with one attached hydrogen (secondary N) is 1. The number of nitrogens with zero attached hydrogens (tertiary/aromatic N) is 1. The predicted octanol–water partition coefficient (Wildman–Crippen LogP) is 2.41. The molecule has 126 valence electrons. The number of benzene rings is 1. The molecule has 1 aliphatic rings. The fraction of sp³-hybridized carbons (Fsp3) is 0.556. The Hall–Kier alpha value is -1.88. The van der Waals surface area contributed by atoms with Gasteiger partial charge in [0.05, 0.1) is 5.41 Å². The van der Waals surface area contributed by atoms with E-state index in [1.165, 1.54) is 5.56 Å². The lowest BCUT2D eigenvalue weighted by Gasteiger charge is -2.32. The zero-order valence-electron chi connectivity index (χ0n) is 14.3. The summed E-state index contributed by atoms with van der Waals surface area (Å²) >= 11 is 0. The van der Waals surface area contributed by atoms with Crippen molar-refractivity contribution >= 4 is 11.8 Å². The molecule has 1 aliphatic heterocycles. The molecule has 2 unspecified atom stereocenters. The molecule has 0 spiro atoms. The molecule has 0 bridgehead atoms. The lowest BCUT2D eigenvalue weighted by Crippen LogP contribution is -2.46. The van der Waals surface area contributed by atoms with Gasteiger partial charge in [0.15, 0.2) is 0 Å². The SMILES string of the molecule is Cc1ccc(C2(C)CCN(C(CC(=O)NO)C(C)C)C2=O)cc1. The number of carbonyl (C=O) groups is 2. The zero-order chi connectivity index (χ0) is 17.2. The van der Waals surface area contributed by atoms with E-state index in [2.05, 4.69) is 0 Å². The van der Waals surface area contributed by atoms with E-state index in [-0.39, 0.29) is 24.3 Å². The van der Waals surface area contributed by atoms with E-state index in [9.17, 15) is 9.59 Å². The van der Waals surface area contributed by atoms with E-state index in [1.807, 2.05) is 52.0 Å². The van der Waals surface area contributed by atoms with Gasteiger partial charge in [0.1, 0.15) is 0 Å². The van der Waals surface area contributed by atoms with Gasteiger partial charge in [-0.15, -0.1) is 0 Å². The van der Waals surface area contributed by atoms with Gasteiger partial charge in [-0.3, -0.25) is 14.8 Å². The average molecular weight is 318 g/mol. The molecular weight excluding hydrogens is 292 g/mol. The van der Waals surface area contributed by atoms with Crippen LogP contribution in [0.25, 0.3) is 0 Å². The normalized spacial score (nSPS) is 22.5. The van der Waals surface area contributed by atoms with E-state index in [1.54, 1.807) is 10.4 Å². The quantitative estimate of drug-likeness (QED) is 0.647. The summed E-state index contributed by atoms with van der Waals surface area (Å²) in [4.78, 5) is 26.4. The molecule has 1 heterocycles. The van der Waals surface area contributed by atoms with Crippen LogP contribution in [0.2, 0.25) is 0 Å². The summed E-state index contributed by atoms with van der Waals surface area (Å²) in [6, 6.07) is 7.87. The van der Waals surface area contributed by atoms with Crippen LogP contribution in [0.3, 0.4) is 0 Å². The maximum absolute atomic E-state index is 13.1. The van der Waals surface area contributed by atoms with Crippen LogP contribution < -0.4 is 5.48 Å². The van der Waals surface area contributed by atoms with Crippen molar-refractivity contribution in [2.75, 3.05) is 6.54 Å². The molecule has 2 N–H and O–H groups in total. The first-order valence-corrected chi connectivity index (χ1v) is 8.10. The van der Waals surface area contributed by atoms with E-state index in [4.69, 9.17) is 5.21 Å². The van der Waals surface area contributed by atoms with Crippen LogP contribution in [-0.4, -0.2) is 34.5 Å². The standard InChI is InChI=1S/C18H26N2O3/c1-12(2)15(11-16(21)19-23)20-10-9-18(4,17(20)22)14-7-5-13(3)6-8-14/h5-8,12,15,23H,9-11H2,1-4H3,(H,19,21). The first-order valence-electron chi connectivity index (χ1n) is 8.10. The lowest BCUT2D eigenvalue weighted by molar-refractivity contribution is -0.137. The van der Waals surface area contributed by atoms with Gasteiger partial charge in [0, 0.05) is 19.0 Å². The van der Waals surface area contributed by atoms with Gasteiger partial charge in [-0.1, -0.05) is 43.7 Å². The number of hydrogen-bond acceptors (Lipinski definition) is 3. The van der Waals surface area contributed by atoms with Crippen molar-refractivity contribution in [3.05, 3.63) is 35.4 Å². The molecule has 0 aliphatic carbocycles. The highest BCUT2D eigenvalue weighted by Gasteiger charge is 2.46. The molecule has 1 aromatic rings. The lowest BCUT2D eigenvalue weighted by atomic mass is 9.80. The second-order valence-corrected chi connectivity index (χ2v) is 7.00. The minimum absolute atomic E-state index is 0.0609. The van der Waals surface area contributed by atoms with Gasteiger partial charge < -0.3 is 4.90 Å². The van der Waals surface area contributed by atoms with Crippen molar-refractivity contribution in [3.8, 4) is 0 Å². The second-order valence-electron chi connectivity index (χ2n) is 7.00. The molecule has 0 saturated carbocycles. The molecule has 1 fully saturated rings. The Morgan fingerprint density at radius 3 is 2.48 bits per heavy atom. The van der Waals surface area contributed by atoms with Crippen LogP contribution in [-0.2, 0) is 15.0 Å².